The predicted molar refractivity (Wildman–Crippen MR) is 67.5 cm³/mol. The second kappa shape index (κ2) is 5.40. The van der Waals surface area contributed by atoms with Crippen LogP contribution in [0.2, 0.25) is 0 Å². The van der Waals surface area contributed by atoms with Crippen molar-refractivity contribution in [2.75, 3.05) is 5.73 Å². The molecule has 92 valence electrons. The van der Waals surface area contributed by atoms with Crippen LogP contribution in [0.25, 0.3) is 0 Å². The van der Waals surface area contributed by atoms with E-state index in [0.29, 0.717) is 11.4 Å². The quantitative estimate of drug-likeness (QED) is 0.896. The number of pyridine rings is 1. The lowest BCUT2D eigenvalue weighted by atomic mass is 10.0. The van der Waals surface area contributed by atoms with Crippen molar-refractivity contribution in [2.45, 2.75) is 12.8 Å². The number of carbonyl (C=O) groups excluding carboxylic acids is 1. The molecule has 2 rings (SSSR count). The molecule has 0 aliphatic heterocycles. The summed E-state index contributed by atoms with van der Waals surface area (Å²) < 4.78 is 13.0. The zero-order valence-electron chi connectivity index (χ0n) is 9.77. The van der Waals surface area contributed by atoms with Crippen molar-refractivity contribution < 1.29 is 9.18 Å². The summed E-state index contributed by atoms with van der Waals surface area (Å²) >= 11 is 0. The number of hydrogen-bond acceptors (Lipinski definition) is 3. The van der Waals surface area contributed by atoms with E-state index in [9.17, 15) is 9.18 Å². The molecule has 0 aliphatic carbocycles. The second-order valence-corrected chi connectivity index (χ2v) is 4.11. The van der Waals surface area contributed by atoms with Gasteiger partial charge in [-0.15, -0.1) is 0 Å². The number of rotatable bonds is 4. The molecule has 0 saturated carbocycles. The molecule has 0 saturated heterocycles. The van der Waals surface area contributed by atoms with Crippen LogP contribution in [-0.4, -0.2) is 10.8 Å². The van der Waals surface area contributed by atoms with Crippen molar-refractivity contribution in [3.8, 4) is 0 Å². The molecule has 1 heterocycles. The topological polar surface area (TPSA) is 56.0 Å². The van der Waals surface area contributed by atoms with E-state index in [1.54, 1.807) is 30.5 Å². The first kappa shape index (κ1) is 12.2. The van der Waals surface area contributed by atoms with Gasteiger partial charge in [-0.3, -0.25) is 4.79 Å². The summed E-state index contributed by atoms with van der Waals surface area (Å²) in [5.41, 5.74) is 7.04. The van der Waals surface area contributed by atoms with Crippen molar-refractivity contribution in [2.24, 2.45) is 0 Å². The summed E-state index contributed by atoms with van der Waals surface area (Å²) in [6.07, 6.45) is 2.07. The highest BCUT2D eigenvalue weighted by Crippen LogP contribution is 2.09. The number of aromatic nitrogens is 1. The standard InChI is InChI=1S/C14H13FN2O/c15-12-3-1-2-10(6-12)7-13(18)8-11-4-5-17-14(16)9-11/h1-6,9H,7-8H2,(H2,16,17). The third kappa shape index (κ3) is 3.38. The third-order valence-electron chi connectivity index (χ3n) is 2.54. The van der Waals surface area contributed by atoms with Gasteiger partial charge in [-0.25, -0.2) is 9.37 Å². The number of carbonyl (C=O) groups is 1. The molecule has 3 nitrogen and oxygen atoms in total. The molecule has 0 atom stereocenters. The van der Waals surface area contributed by atoms with Crippen LogP contribution < -0.4 is 5.73 Å². The minimum absolute atomic E-state index is 0.0196. The number of anilines is 1. The van der Waals surface area contributed by atoms with Crippen LogP contribution in [0.3, 0.4) is 0 Å². The van der Waals surface area contributed by atoms with Crippen molar-refractivity contribution in [3.63, 3.8) is 0 Å². The second-order valence-electron chi connectivity index (χ2n) is 4.11. The van der Waals surface area contributed by atoms with Gasteiger partial charge in [0.1, 0.15) is 17.4 Å². The maximum Gasteiger partial charge on any atom is 0.141 e. The minimum atomic E-state index is -0.326. The Morgan fingerprint density at radius 1 is 1.17 bits per heavy atom. The first-order valence-corrected chi connectivity index (χ1v) is 5.60. The molecule has 0 fully saturated rings. The molecule has 1 aromatic heterocycles. The fourth-order valence-electron chi connectivity index (χ4n) is 1.77. The molecular weight excluding hydrogens is 231 g/mol. The van der Waals surface area contributed by atoms with Gasteiger partial charge in [0, 0.05) is 19.0 Å². The van der Waals surface area contributed by atoms with E-state index in [-0.39, 0.29) is 24.4 Å². The monoisotopic (exact) mass is 244 g/mol. The molecule has 18 heavy (non-hydrogen) atoms. The Hall–Kier alpha value is -2.23. The van der Waals surface area contributed by atoms with E-state index in [4.69, 9.17) is 5.73 Å². The van der Waals surface area contributed by atoms with Crippen molar-refractivity contribution in [3.05, 3.63) is 59.5 Å². The molecule has 4 heteroatoms. The van der Waals surface area contributed by atoms with Crippen LogP contribution in [-0.2, 0) is 17.6 Å². The first-order valence-electron chi connectivity index (χ1n) is 5.60. The summed E-state index contributed by atoms with van der Waals surface area (Å²) in [5.74, 6) is 0.0886. The molecule has 0 bridgehead atoms. The van der Waals surface area contributed by atoms with Gasteiger partial charge in [0.25, 0.3) is 0 Å². The van der Waals surface area contributed by atoms with Gasteiger partial charge in [0.05, 0.1) is 0 Å². The molecule has 2 N–H and O–H groups in total. The number of Topliss-reactive ketones (excluding diaryl/α,β-unsaturated/α-hetero) is 1. The number of hydrogen-bond donors (Lipinski definition) is 1. The van der Waals surface area contributed by atoms with Crippen LogP contribution >= 0.6 is 0 Å². The summed E-state index contributed by atoms with van der Waals surface area (Å²) in [5, 5.41) is 0. The van der Waals surface area contributed by atoms with E-state index >= 15 is 0 Å². The predicted octanol–water partition coefficient (Wildman–Crippen LogP) is 2.16. The van der Waals surface area contributed by atoms with Gasteiger partial charge in [-0.2, -0.15) is 0 Å². The van der Waals surface area contributed by atoms with Crippen LogP contribution in [0, 0.1) is 5.82 Å². The number of nitrogens with zero attached hydrogens (tertiary/aromatic N) is 1. The van der Waals surface area contributed by atoms with E-state index in [2.05, 4.69) is 4.98 Å². The summed E-state index contributed by atoms with van der Waals surface area (Å²) in [6.45, 7) is 0. The fourth-order valence-corrected chi connectivity index (χ4v) is 1.77. The van der Waals surface area contributed by atoms with Crippen LogP contribution in [0.1, 0.15) is 11.1 Å². The van der Waals surface area contributed by atoms with Gasteiger partial charge >= 0.3 is 0 Å². The van der Waals surface area contributed by atoms with Gasteiger partial charge in [-0.1, -0.05) is 12.1 Å². The largest absolute Gasteiger partial charge is 0.384 e. The Morgan fingerprint density at radius 2 is 1.89 bits per heavy atom. The molecule has 0 unspecified atom stereocenters. The number of halogens is 1. The third-order valence-corrected chi connectivity index (χ3v) is 2.54. The minimum Gasteiger partial charge on any atom is -0.384 e. The smallest absolute Gasteiger partial charge is 0.141 e. The molecule has 0 radical (unpaired) electrons. The Balaban J connectivity index is 2.01. The summed E-state index contributed by atoms with van der Waals surface area (Å²) in [4.78, 5) is 15.7. The van der Waals surface area contributed by atoms with E-state index < -0.39 is 0 Å². The zero-order chi connectivity index (χ0) is 13.0. The Morgan fingerprint density at radius 3 is 2.56 bits per heavy atom. The summed E-state index contributed by atoms with van der Waals surface area (Å²) in [6, 6.07) is 9.49. The highest BCUT2D eigenvalue weighted by Gasteiger charge is 2.06. The van der Waals surface area contributed by atoms with Crippen LogP contribution in [0.4, 0.5) is 10.2 Å². The summed E-state index contributed by atoms with van der Waals surface area (Å²) in [7, 11) is 0. The molecule has 0 amide bonds. The normalized spacial score (nSPS) is 10.3. The maximum absolute atomic E-state index is 13.0. The van der Waals surface area contributed by atoms with Crippen LogP contribution in [0.5, 0.6) is 0 Å². The van der Waals surface area contributed by atoms with E-state index in [1.165, 1.54) is 12.1 Å². The fraction of sp³-hybridized carbons (Fsp3) is 0.143. The average molecular weight is 244 g/mol. The lowest BCUT2D eigenvalue weighted by Gasteiger charge is -2.02. The number of ketones is 1. The average Bonchev–Trinajstić information content (AvgIpc) is 2.28. The lowest BCUT2D eigenvalue weighted by molar-refractivity contribution is -0.117. The number of benzene rings is 1. The van der Waals surface area contributed by atoms with Crippen molar-refractivity contribution >= 4 is 11.6 Å². The molecule has 1 aromatic carbocycles. The van der Waals surface area contributed by atoms with Gasteiger partial charge < -0.3 is 5.73 Å². The zero-order valence-corrected chi connectivity index (χ0v) is 9.77. The SMILES string of the molecule is Nc1cc(CC(=O)Cc2cccc(F)c2)ccn1. The highest BCUT2D eigenvalue weighted by atomic mass is 19.1. The number of nitrogen functional groups attached to an aromatic ring is 1. The van der Waals surface area contributed by atoms with Crippen molar-refractivity contribution in [1.29, 1.82) is 0 Å². The number of nitrogens with two attached hydrogens (primary N) is 1. The van der Waals surface area contributed by atoms with E-state index in [0.717, 1.165) is 5.56 Å². The van der Waals surface area contributed by atoms with Gasteiger partial charge in [-0.05, 0) is 35.4 Å². The molecular formula is C14H13FN2O. The Kier molecular flexibility index (Phi) is 3.67. The Bertz CT molecular complexity index is 520. The highest BCUT2D eigenvalue weighted by molar-refractivity contribution is 5.83. The molecule has 0 aliphatic rings. The maximum atomic E-state index is 13.0. The van der Waals surface area contributed by atoms with E-state index in [1.807, 2.05) is 0 Å². The first-order chi connectivity index (χ1) is 8.63. The molecule has 0 spiro atoms. The van der Waals surface area contributed by atoms with Gasteiger partial charge in [0.2, 0.25) is 0 Å². The lowest BCUT2D eigenvalue weighted by Crippen LogP contribution is -2.07. The molecule has 2 aromatic rings. The Labute approximate surface area is 104 Å². The van der Waals surface area contributed by atoms with Crippen LogP contribution in [0.15, 0.2) is 42.6 Å². The van der Waals surface area contributed by atoms with Crippen molar-refractivity contribution in [1.82, 2.24) is 4.98 Å². The van der Waals surface area contributed by atoms with Gasteiger partial charge in [0.15, 0.2) is 0 Å².